The average Bonchev–Trinajstić information content (AvgIpc) is 2.28. The molecule has 0 aliphatic rings. The zero-order valence-electron chi connectivity index (χ0n) is 10.7. The third-order valence-corrected chi connectivity index (χ3v) is 2.66. The summed E-state index contributed by atoms with van der Waals surface area (Å²) in [5.74, 6) is -0.0145. The summed E-state index contributed by atoms with van der Waals surface area (Å²) in [5.41, 5.74) is 6.53. The van der Waals surface area contributed by atoms with E-state index in [2.05, 4.69) is 5.32 Å². The van der Waals surface area contributed by atoms with E-state index in [4.69, 9.17) is 5.73 Å². The molecule has 3 N–H and O–H groups in total. The Morgan fingerprint density at radius 3 is 2.47 bits per heavy atom. The molecule has 2 atom stereocenters. The van der Waals surface area contributed by atoms with Gasteiger partial charge in [0.2, 0.25) is 5.91 Å². The second-order valence-corrected chi connectivity index (χ2v) is 4.45. The molecule has 0 spiro atoms. The van der Waals surface area contributed by atoms with Crippen LogP contribution in [0.5, 0.6) is 0 Å². The molecule has 0 radical (unpaired) electrons. The van der Waals surface area contributed by atoms with E-state index in [1.54, 1.807) is 0 Å². The number of likely N-dealkylation sites (N-methyl/N-ethyl adjacent to an activating group) is 1. The average molecular weight is 235 g/mol. The molecule has 1 amide bonds. The van der Waals surface area contributed by atoms with Crippen molar-refractivity contribution >= 4 is 11.6 Å². The first-order valence-corrected chi connectivity index (χ1v) is 5.82. The lowest BCUT2D eigenvalue weighted by molar-refractivity contribution is -0.120. The number of benzene rings is 1. The molecule has 0 bridgehead atoms. The van der Waals surface area contributed by atoms with Crippen molar-refractivity contribution in [3.63, 3.8) is 0 Å². The molecular weight excluding hydrogens is 214 g/mol. The number of rotatable bonds is 5. The zero-order chi connectivity index (χ0) is 12.8. The van der Waals surface area contributed by atoms with Crippen molar-refractivity contribution in [2.45, 2.75) is 25.9 Å². The quantitative estimate of drug-likeness (QED) is 0.808. The van der Waals surface area contributed by atoms with Gasteiger partial charge in [-0.05, 0) is 33.0 Å². The van der Waals surface area contributed by atoms with Gasteiger partial charge in [-0.1, -0.05) is 18.2 Å². The van der Waals surface area contributed by atoms with E-state index in [1.165, 1.54) is 0 Å². The normalized spacial score (nSPS) is 14.4. The number of anilines is 1. The first-order chi connectivity index (χ1) is 8.00. The van der Waals surface area contributed by atoms with E-state index in [9.17, 15) is 4.79 Å². The topological polar surface area (TPSA) is 58.4 Å². The van der Waals surface area contributed by atoms with Crippen LogP contribution in [0.25, 0.3) is 0 Å². The van der Waals surface area contributed by atoms with Gasteiger partial charge in [-0.2, -0.15) is 0 Å². The first-order valence-electron chi connectivity index (χ1n) is 5.82. The summed E-state index contributed by atoms with van der Waals surface area (Å²) in [6.45, 7) is 4.50. The molecule has 1 aromatic carbocycles. The molecule has 0 aromatic heterocycles. The summed E-state index contributed by atoms with van der Waals surface area (Å²) in [7, 11) is 1.90. The molecule has 94 valence electrons. The lowest BCUT2D eigenvalue weighted by Crippen LogP contribution is -2.44. The fraction of sp³-hybridized carbons (Fsp3) is 0.462. The summed E-state index contributed by atoms with van der Waals surface area (Å²) in [6, 6.07) is 9.32. The number of carbonyl (C=O) groups excluding carboxylic acids is 1. The number of nitrogens with two attached hydrogens (primary N) is 1. The molecule has 4 heteroatoms. The van der Waals surface area contributed by atoms with Crippen LogP contribution >= 0.6 is 0 Å². The van der Waals surface area contributed by atoms with E-state index in [-0.39, 0.29) is 18.0 Å². The molecule has 1 aromatic rings. The van der Waals surface area contributed by atoms with E-state index >= 15 is 0 Å². The van der Waals surface area contributed by atoms with E-state index in [0.717, 1.165) is 5.69 Å². The van der Waals surface area contributed by atoms with Gasteiger partial charge in [0, 0.05) is 18.3 Å². The van der Waals surface area contributed by atoms with Gasteiger partial charge >= 0.3 is 0 Å². The van der Waals surface area contributed by atoms with Crippen LogP contribution < -0.4 is 11.1 Å². The fourth-order valence-electron chi connectivity index (χ4n) is 1.58. The predicted molar refractivity (Wildman–Crippen MR) is 70.8 cm³/mol. The van der Waals surface area contributed by atoms with Gasteiger partial charge in [-0.25, -0.2) is 0 Å². The monoisotopic (exact) mass is 235 g/mol. The fourth-order valence-corrected chi connectivity index (χ4v) is 1.58. The molecule has 4 nitrogen and oxygen atoms in total. The Balaban J connectivity index is 2.52. The van der Waals surface area contributed by atoms with Gasteiger partial charge in [-0.3, -0.25) is 9.69 Å². The molecule has 17 heavy (non-hydrogen) atoms. The Kier molecular flexibility index (Phi) is 5.12. The van der Waals surface area contributed by atoms with E-state index in [0.29, 0.717) is 6.54 Å². The SMILES string of the molecule is CC(N)CN(C)C(C)C(=O)Nc1ccccc1. The molecule has 2 unspecified atom stereocenters. The minimum Gasteiger partial charge on any atom is -0.327 e. The number of hydrogen-bond acceptors (Lipinski definition) is 3. The lowest BCUT2D eigenvalue weighted by atomic mass is 10.2. The molecule has 0 saturated carbocycles. The van der Waals surface area contributed by atoms with Crippen LogP contribution in [0.2, 0.25) is 0 Å². The summed E-state index contributed by atoms with van der Waals surface area (Å²) < 4.78 is 0. The van der Waals surface area contributed by atoms with Crippen LogP contribution in [0, 0.1) is 0 Å². The van der Waals surface area contributed by atoms with Crippen molar-refractivity contribution in [1.82, 2.24) is 4.90 Å². The standard InChI is InChI=1S/C13H21N3O/c1-10(14)9-16(3)11(2)13(17)15-12-7-5-4-6-8-12/h4-8,10-11H,9,14H2,1-3H3,(H,15,17). The van der Waals surface area contributed by atoms with Crippen LogP contribution in [0.15, 0.2) is 30.3 Å². The molecule has 0 aliphatic heterocycles. The second-order valence-electron chi connectivity index (χ2n) is 4.45. The van der Waals surface area contributed by atoms with Gasteiger partial charge in [0.25, 0.3) is 0 Å². The van der Waals surface area contributed by atoms with Crippen molar-refractivity contribution in [2.24, 2.45) is 5.73 Å². The highest BCUT2D eigenvalue weighted by molar-refractivity contribution is 5.94. The van der Waals surface area contributed by atoms with Crippen LogP contribution in [0.1, 0.15) is 13.8 Å². The summed E-state index contributed by atoms with van der Waals surface area (Å²) >= 11 is 0. The number of nitrogens with one attached hydrogen (secondary N) is 1. The Morgan fingerprint density at radius 1 is 1.35 bits per heavy atom. The van der Waals surface area contributed by atoms with Gasteiger partial charge in [0.05, 0.1) is 6.04 Å². The number of para-hydroxylation sites is 1. The third-order valence-electron chi connectivity index (χ3n) is 2.66. The highest BCUT2D eigenvalue weighted by atomic mass is 16.2. The lowest BCUT2D eigenvalue weighted by Gasteiger charge is -2.25. The predicted octanol–water partition coefficient (Wildman–Crippen LogP) is 1.29. The molecular formula is C13H21N3O. The Hall–Kier alpha value is -1.39. The van der Waals surface area contributed by atoms with Gasteiger partial charge < -0.3 is 11.1 Å². The Morgan fingerprint density at radius 2 is 1.94 bits per heavy atom. The highest BCUT2D eigenvalue weighted by Gasteiger charge is 2.18. The number of hydrogen-bond donors (Lipinski definition) is 2. The number of nitrogens with zero attached hydrogens (tertiary/aromatic N) is 1. The summed E-state index contributed by atoms with van der Waals surface area (Å²) in [5, 5.41) is 2.87. The molecule has 0 fully saturated rings. The second kappa shape index (κ2) is 6.37. The number of amides is 1. The van der Waals surface area contributed by atoms with Gasteiger partial charge in [0.15, 0.2) is 0 Å². The largest absolute Gasteiger partial charge is 0.327 e. The zero-order valence-corrected chi connectivity index (χ0v) is 10.7. The molecule has 0 saturated heterocycles. The van der Waals surface area contributed by atoms with E-state index in [1.807, 2.05) is 56.1 Å². The molecule has 1 rings (SSSR count). The minimum absolute atomic E-state index is 0.0145. The minimum atomic E-state index is -0.193. The van der Waals surface area contributed by atoms with Crippen molar-refractivity contribution in [3.8, 4) is 0 Å². The van der Waals surface area contributed by atoms with Gasteiger partial charge in [0.1, 0.15) is 0 Å². The summed E-state index contributed by atoms with van der Waals surface area (Å²) in [6.07, 6.45) is 0. The van der Waals surface area contributed by atoms with Crippen molar-refractivity contribution in [3.05, 3.63) is 30.3 Å². The summed E-state index contributed by atoms with van der Waals surface area (Å²) in [4.78, 5) is 13.9. The maximum absolute atomic E-state index is 11.9. The van der Waals surface area contributed by atoms with E-state index < -0.39 is 0 Å². The van der Waals surface area contributed by atoms with Crippen molar-refractivity contribution in [1.29, 1.82) is 0 Å². The Bertz CT molecular complexity index is 351. The smallest absolute Gasteiger partial charge is 0.241 e. The number of carbonyl (C=O) groups is 1. The van der Waals surface area contributed by atoms with Crippen LogP contribution in [-0.2, 0) is 4.79 Å². The van der Waals surface area contributed by atoms with Crippen LogP contribution in [0.4, 0.5) is 5.69 Å². The van der Waals surface area contributed by atoms with Gasteiger partial charge in [-0.15, -0.1) is 0 Å². The van der Waals surface area contributed by atoms with Crippen LogP contribution in [-0.4, -0.2) is 36.5 Å². The maximum Gasteiger partial charge on any atom is 0.241 e. The molecule has 0 heterocycles. The Labute approximate surface area is 103 Å². The highest BCUT2D eigenvalue weighted by Crippen LogP contribution is 2.07. The van der Waals surface area contributed by atoms with Crippen LogP contribution in [0.3, 0.4) is 0 Å². The maximum atomic E-state index is 11.9. The molecule has 0 aliphatic carbocycles. The van der Waals surface area contributed by atoms with Crippen molar-refractivity contribution < 1.29 is 4.79 Å². The first kappa shape index (κ1) is 13.7. The van der Waals surface area contributed by atoms with Crippen molar-refractivity contribution in [2.75, 3.05) is 18.9 Å². The third kappa shape index (κ3) is 4.54.